The summed E-state index contributed by atoms with van der Waals surface area (Å²) in [5.74, 6) is 0.751. The van der Waals surface area contributed by atoms with Crippen LogP contribution >= 0.6 is 0 Å². The van der Waals surface area contributed by atoms with Crippen molar-refractivity contribution >= 4 is 33.2 Å². The van der Waals surface area contributed by atoms with E-state index in [2.05, 4.69) is 30.3 Å². The molecule has 5 N–H and O–H groups in total. The van der Waals surface area contributed by atoms with Crippen LogP contribution in [-0.4, -0.2) is 58.4 Å². The molecule has 256 valence electrons. The lowest BCUT2D eigenvalue weighted by molar-refractivity contribution is 0.0503. The number of phenolic OH excluding ortho intramolecular Hbond substituents is 1. The largest absolute Gasteiger partial charge is 0.508 e. The molecule has 4 aromatic rings. The number of rotatable bonds is 7. The van der Waals surface area contributed by atoms with E-state index in [0.717, 1.165) is 42.2 Å². The molecule has 2 heterocycles. The van der Waals surface area contributed by atoms with Crippen LogP contribution in [0.1, 0.15) is 92.2 Å². The van der Waals surface area contributed by atoms with Crippen molar-refractivity contribution in [2.45, 2.75) is 84.0 Å². The van der Waals surface area contributed by atoms with E-state index in [9.17, 15) is 23.1 Å². The first-order valence-corrected chi connectivity index (χ1v) is 17.7. The Kier molecular flexibility index (Phi) is 9.97. The molecule has 2 aliphatic carbocycles. The van der Waals surface area contributed by atoms with E-state index < -0.39 is 21.7 Å². The van der Waals surface area contributed by atoms with E-state index in [0.29, 0.717) is 28.9 Å². The van der Waals surface area contributed by atoms with E-state index in [4.69, 9.17) is 9.47 Å². The predicted molar refractivity (Wildman–Crippen MR) is 181 cm³/mol. The molecule has 0 radical (unpaired) electrons. The standard InChI is InChI=1S/C20H23N5O4S.C14H19NO3/c1-11(2)23-20(26)15-9-21-19-18(15)24-17(10-22-19)29-13-6-4-12-5-7-16(14(12)8-13)25-30(3,27)28;1-14(2,3)18-13(17)15-12-7-5-9-4-6-10(16)8-11(9)12/h4,6,8-11,16,25H,5,7H2,1-3H3,(H,21,22)(H,23,26);4,6,8,12,16H,5,7H2,1-3H3,(H,15,17)/t16-;12-/m11/s1. The van der Waals surface area contributed by atoms with Crippen molar-refractivity contribution in [3.05, 3.63) is 76.6 Å². The minimum absolute atomic E-state index is 0.00486. The quantitative estimate of drug-likeness (QED) is 0.172. The second-order valence-corrected chi connectivity index (χ2v) is 15.1. The number of aromatic hydroxyl groups is 1. The van der Waals surface area contributed by atoms with Gasteiger partial charge in [0, 0.05) is 18.3 Å². The molecule has 2 aliphatic rings. The number of hydrogen-bond donors (Lipinski definition) is 5. The lowest BCUT2D eigenvalue weighted by Gasteiger charge is -2.22. The molecule has 13 nitrogen and oxygen atoms in total. The van der Waals surface area contributed by atoms with Crippen LogP contribution in [-0.2, 0) is 27.6 Å². The molecular formula is C34H42N6O7S. The number of nitrogens with zero attached hydrogens (tertiary/aromatic N) is 2. The van der Waals surface area contributed by atoms with Crippen LogP contribution in [0.5, 0.6) is 17.4 Å². The van der Waals surface area contributed by atoms with Crippen LogP contribution in [0.4, 0.5) is 4.79 Å². The zero-order chi connectivity index (χ0) is 34.8. The van der Waals surface area contributed by atoms with Gasteiger partial charge in [-0.1, -0.05) is 12.1 Å². The third-order valence-electron chi connectivity index (χ3n) is 7.70. The average molecular weight is 679 g/mol. The van der Waals surface area contributed by atoms with Gasteiger partial charge in [-0.3, -0.25) is 4.79 Å². The highest BCUT2D eigenvalue weighted by atomic mass is 32.2. The minimum Gasteiger partial charge on any atom is -0.508 e. The fourth-order valence-electron chi connectivity index (χ4n) is 5.77. The number of carbonyl (C=O) groups is 2. The molecule has 2 aromatic heterocycles. The lowest BCUT2D eigenvalue weighted by atomic mass is 10.1. The monoisotopic (exact) mass is 678 g/mol. The zero-order valence-electron chi connectivity index (χ0n) is 27.9. The fourth-order valence-corrected chi connectivity index (χ4v) is 6.53. The summed E-state index contributed by atoms with van der Waals surface area (Å²) in [5, 5.41) is 15.2. The SMILES string of the molecule is CC(C)(C)OC(=O)N[C@@H]1CCc2ccc(O)cc21.CC(C)NC(=O)c1c[nH]c2ncc(Oc3ccc4c(c3)[C@H](NS(C)(=O)=O)CC4)nc12. The molecule has 6 rings (SSSR count). The summed E-state index contributed by atoms with van der Waals surface area (Å²) < 4.78 is 37.0. The smallest absolute Gasteiger partial charge is 0.408 e. The Balaban J connectivity index is 0.000000214. The summed E-state index contributed by atoms with van der Waals surface area (Å²) in [7, 11) is -3.32. The molecule has 0 saturated carbocycles. The minimum atomic E-state index is -3.32. The van der Waals surface area contributed by atoms with Crippen LogP contribution in [0.2, 0.25) is 0 Å². The van der Waals surface area contributed by atoms with Crippen molar-refractivity contribution in [3.8, 4) is 17.4 Å². The second-order valence-electron chi connectivity index (χ2n) is 13.3. The molecule has 0 fully saturated rings. The van der Waals surface area contributed by atoms with Gasteiger partial charge in [0.05, 0.1) is 24.1 Å². The molecule has 0 saturated heterocycles. The van der Waals surface area contributed by atoms with Crippen LogP contribution in [0.3, 0.4) is 0 Å². The van der Waals surface area contributed by atoms with E-state index >= 15 is 0 Å². The van der Waals surface area contributed by atoms with Crippen LogP contribution in [0.15, 0.2) is 48.8 Å². The van der Waals surface area contributed by atoms with Crippen LogP contribution < -0.4 is 20.1 Å². The Morgan fingerprint density at radius 2 is 1.69 bits per heavy atom. The number of aryl methyl sites for hydroxylation is 2. The number of fused-ring (bicyclic) bond motifs is 3. The molecule has 14 heteroatoms. The van der Waals surface area contributed by atoms with Crippen molar-refractivity contribution < 1.29 is 32.6 Å². The fraction of sp³-hybridized carbons (Fsp3) is 0.412. The average Bonchev–Trinajstić information content (AvgIpc) is 3.68. The number of aromatic nitrogens is 3. The number of hydrogen-bond acceptors (Lipinski definition) is 9. The van der Waals surface area contributed by atoms with Gasteiger partial charge in [0.1, 0.15) is 22.6 Å². The van der Waals surface area contributed by atoms with Gasteiger partial charge in [0.2, 0.25) is 15.9 Å². The lowest BCUT2D eigenvalue weighted by Crippen LogP contribution is -2.34. The first-order valence-electron chi connectivity index (χ1n) is 15.8. The van der Waals surface area contributed by atoms with Crippen molar-refractivity contribution in [2.75, 3.05) is 6.26 Å². The van der Waals surface area contributed by atoms with Crippen LogP contribution in [0.25, 0.3) is 11.2 Å². The molecule has 0 spiro atoms. The third kappa shape index (κ3) is 8.81. The van der Waals surface area contributed by atoms with Crippen LogP contribution in [0, 0.1) is 0 Å². The van der Waals surface area contributed by atoms with E-state index in [-0.39, 0.29) is 35.7 Å². The summed E-state index contributed by atoms with van der Waals surface area (Å²) in [4.78, 5) is 35.8. The Morgan fingerprint density at radius 1 is 1.02 bits per heavy atom. The highest BCUT2D eigenvalue weighted by Gasteiger charge is 2.27. The first-order chi connectivity index (χ1) is 22.5. The van der Waals surface area contributed by atoms with Crippen molar-refractivity contribution in [3.63, 3.8) is 0 Å². The van der Waals surface area contributed by atoms with E-state index in [1.54, 1.807) is 18.3 Å². The Morgan fingerprint density at radius 3 is 2.35 bits per heavy atom. The molecule has 2 amide bonds. The number of H-pyrrole nitrogens is 1. The predicted octanol–water partition coefficient (Wildman–Crippen LogP) is 5.33. The number of alkyl carbamates (subject to hydrolysis) is 1. The Hall–Kier alpha value is -4.69. The third-order valence-corrected chi connectivity index (χ3v) is 8.41. The van der Waals surface area contributed by atoms with Gasteiger partial charge in [-0.05, 0) is 107 Å². The van der Waals surface area contributed by atoms with Gasteiger partial charge in [-0.2, -0.15) is 0 Å². The Labute approximate surface area is 279 Å². The van der Waals surface area contributed by atoms with Crippen molar-refractivity contribution in [1.29, 1.82) is 0 Å². The number of phenols is 1. The normalized spacial score (nSPS) is 16.9. The van der Waals surface area contributed by atoms with Gasteiger partial charge >= 0.3 is 6.09 Å². The molecule has 0 unspecified atom stereocenters. The van der Waals surface area contributed by atoms with E-state index in [1.807, 2.05) is 58.9 Å². The van der Waals surface area contributed by atoms with E-state index in [1.165, 1.54) is 11.8 Å². The highest BCUT2D eigenvalue weighted by Crippen LogP contribution is 2.36. The maximum atomic E-state index is 12.4. The van der Waals surface area contributed by atoms with Gasteiger partial charge in [0.15, 0.2) is 5.65 Å². The molecular weight excluding hydrogens is 636 g/mol. The number of sulfonamides is 1. The number of ether oxygens (including phenoxy) is 2. The van der Waals surface area contributed by atoms with Crippen molar-refractivity contribution in [1.82, 2.24) is 30.3 Å². The summed E-state index contributed by atoms with van der Waals surface area (Å²) in [5.41, 5.74) is 4.95. The summed E-state index contributed by atoms with van der Waals surface area (Å²) in [6.45, 7) is 9.27. The van der Waals surface area contributed by atoms with Gasteiger partial charge in [-0.15, -0.1) is 0 Å². The first kappa shape index (κ1) is 34.6. The van der Waals surface area contributed by atoms with Gasteiger partial charge in [0.25, 0.3) is 5.91 Å². The molecule has 0 bridgehead atoms. The summed E-state index contributed by atoms with van der Waals surface area (Å²) in [6, 6.07) is 10.5. The Bertz CT molecular complexity index is 1930. The number of aromatic amines is 1. The summed E-state index contributed by atoms with van der Waals surface area (Å²) in [6.07, 6.45) is 7.05. The molecule has 2 aromatic carbocycles. The maximum absolute atomic E-state index is 12.4. The molecule has 2 atom stereocenters. The highest BCUT2D eigenvalue weighted by molar-refractivity contribution is 7.88. The zero-order valence-corrected chi connectivity index (χ0v) is 28.7. The molecule has 48 heavy (non-hydrogen) atoms. The van der Waals surface area contributed by atoms with Crippen molar-refractivity contribution in [2.24, 2.45) is 0 Å². The van der Waals surface area contributed by atoms with Gasteiger partial charge < -0.3 is 30.2 Å². The number of nitrogens with one attached hydrogen (secondary N) is 4. The topological polar surface area (TPSA) is 185 Å². The summed E-state index contributed by atoms with van der Waals surface area (Å²) >= 11 is 0. The second kappa shape index (κ2) is 13.8. The maximum Gasteiger partial charge on any atom is 0.408 e. The molecule has 0 aliphatic heterocycles. The number of amides is 2. The number of benzene rings is 2. The number of carbonyl (C=O) groups excluding carboxylic acids is 2. The van der Waals surface area contributed by atoms with Gasteiger partial charge in [-0.25, -0.2) is 27.9 Å².